The molecule has 0 radical (unpaired) electrons. The normalized spacial score (nSPS) is 14.7. The maximum absolute atomic E-state index is 9.60. The van der Waals surface area contributed by atoms with Crippen LogP contribution in [0.25, 0.3) is 0 Å². The molecule has 0 saturated carbocycles. The van der Waals surface area contributed by atoms with Gasteiger partial charge in [0, 0.05) is 31.4 Å². The molecule has 2 N–H and O–H groups in total. The van der Waals surface area contributed by atoms with Crippen molar-refractivity contribution >= 4 is 23.2 Å². The molecule has 3 nitrogen and oxygen atoms in total. The average molecular weight is 292 g/mol. The van der Waals surface area contributed by atoms with E-state index in [-0.39, 0.29) is 11.8 Å². The van der Waals surface area contributed by atoms with Gasteiger partial charge in [-0.25, -0.2) is 0 Å². The van der Waals surface area contributed by atoms with Crippen molar-refractivity contribution in [2.45, 2.75) is 18.8 Å². The number of rotatable bonds is 8. The van der Waals surface area contributed by atoms with Gasteiger partial charge in [0.1, 0.15) is 0 Å². The number of aliphatic hydroxyl groups is 2. The first-order valence-corrected chi connectivity index (χ1v) is 6.97. The number of alkyl halides is 2. The second-order valence-corrected chi connectivity index (χ2v) is 4.91. The Morgan fingerprint density at radius 3 is 1.89 bits per heavy atom. The smallest absolute Gasteiger partial charge is 0.0802 e. The lowest BCUT2D eigenvalue weighted by Crippen LogP contribution is -2.38. The van der Waals surface area contributed by atoms with Crippen LogP contribution in [-0.4, -0.2) is 52.2 Å². The predicted molar refractivity (Wildman–Crippen MR) is 75.2 cm³/mol. The lowest BCUT2D eigenvalue weighted by atomic mass is 10.2. The molecular formula is C13H19Cl2NO2. The van der Waals surface area contributed by atoms with Gasteiger partial charge < -0.3 is 10.2 Å². The number of halogens is 2. The number of nitrogens with zero attached hydrogens (tertiary/aromatic N) is 1. The summed E-state index contributed by atoms with van der Waals surface area (Å²) in [5, 5.41) is 19.2. The number of hydrogen-bond acceptors (Lipinski definition) is 3. The Morgan fingerprint density at radius 2 is 1.44 bits per heavy atom. The molecule has 0 fully saturated rings. The van der Waals surface area contributed by atoms with E-state index in [2.05, 4.69) is 0 Å². The molecule has 2 atom stereocenters. The zero-order valence-electron chi connectivity index (χ0n) is 10.2. The Hall–Kier alpha value is -0.320. The molecule has 0 bridgehead atoms. The maximum atomic E-state index is 9.60. The number of aliphatic hydroxyl groups excluding tert-OH is 2. The fourth-order valence-corrected chi connectivity index (χ4v) is 1.93. The van der Waals surface area contributed by atoms with E-state index >= 15 is 0 Å². The van der Waals surface area contributed by atoms with Crippen LogP contribution in [0.3, 0.4) is 0 Å². The molecule has 0 heterocycles. The fraction of sp³-hybridized carbons (Fsp3) is 0.538. The van der Waals surface area contributed by atoms with Crippen molar-refractivity contribution in [3.8, 4) is 0 Å². The summed E-state index contributed by atoms with van der Waals surface area (Å²) >= 11 is 11.2. The highest BCUT2D eigenvalue weighted by Crippen LogP contribution is 2.07. The Morgan fingerprint density at radius 1 is 0.944 bits per heavy atom. The van der Waals surface area contributed by atoms with Crippen molar-refractivity contribution in [1.82, 2.24) is 4.90 Å². The predicted octanol–water partition coefficient (Wildman–Crippen LogP) is 1.69. The third-order valence-corrected chi connectivity index (χ3v) is 3.26. The summed E-state index contributed by atoms with van der Waals surface area (Å²) in [6, 6.07) is 9.89. The Labute approximate surface area is 118 Å². The molecule has 0 spiro atoms. The van der Waals surface area contributed by atoms with Gasteiger partial charge in [-0.05, 0) is 5.56 Å². The van der Waals surface area contributed by atoms with Crippen molar-refractivity contribution in [3.05, 3.63) is 35.9 Å². The monoisotopic (exact) mass is 291 g/mol. The van der Waals surface area contributed by atoms with Crippen molar-refractivity contribution < 1.29 is 10.2 Å². The van der Waals surface area contributed by atoms with E-state index in [9.17, 15) is 10.2 Å². The number of hydrogen-bond donors (Lipinski definition) is 2. The van der Waals surface area contributed by atoms with Crippen LogP contribution < -0.4 is 0 Å². The first kappa shape index (κ1) is 15.7. The molecule has 1 aromatic carbocycles. The molecule has 0 aliphatic carbocycles. The molecule has 0 aliphatic rings. The summed E-state index contributed by atoms with van der Waals surface area (Å²) in [5.74, 6) is 0.366. The SMILES string of the molecule is OC(CCl)CN(Cc1ccccc1)CC(O)CCl. The van der Waals surface area contributed by atoms with Crippen LogP contribution in [0.2, 0.25) is 0 Å². The topological polar surface area (TPSA) is 43.7 Å². The molecular weight excluding hydrogens is 273 g/mol. The Bertz CT molecular complexity index is 312. The van der Waals surface area contributed by atoms with Crippen LogP contribution in [0, 0.1) is 0 Å². The van der Waals surface area contributed by atoms with Crippen LogP contribution in [-0.2, 0) is 6.54 Å². The van der Waals surface area contributed by atoms with Crippen molar-refractivity contribution in [2.24, 2.45) is 0 Å². The van der Waals surface area contributed by atoms with Crippen molar-refractivity contribution in [2.75, 3.05) is 24.8 Å². The van der Waals surface area contributed by atoms with Gasteiger partial charge in [-0.1, -0.05) is 30.3 Å². The zero-order valence-corrected chi connectivity index (χ0v) is 11.7. The van der Waals surface area contributed by atoms with E-state index in [0.29, 0.717) is 19.6 Å². The van der Waals surface area contributed by atoms with E-state index in [1.807, 2.05) is 35.2 Å². The largest absolute Gasteiger partial charge is 0.391 e. The highest BCUT2D eigenvalue weighted by atomic mass is 35.5. The molecule has 0 aliphatic heterocycles. The minimum absolute atomic E-state index is 0.183. The third kappa shape index (κ3) is 6.03. The molecule has 0 amide bonds. The maximum Gasteiger partial charge on any atom is 0.0802 e. The van der Waals surface area contributed by atoms with E-state index in [1.54, 1.807) is 0 Å². The first-order valence-electron chi connectivity index (χ1n) is 5.90. The molecule has 2 unspecified atom stereocenters. The summed E-state index contributed by atoms with van der Waals surface area (Å²) in [4.78, 5) is 1.95. The standard InChI is InChI=1S/C13H19Cl2NO2/c14-6-12(17)9-16(10-13(18)7-15)8-11-4-2-1-3-5-11/h1-5,12-13,17-18H,6-10H2. The molecule has 1 aromatic rings. The quantitative estimate of drug-likeness (QED) is 0.717. The zero-order chi connectivity index (χ0) is 13.4. The van der Waals surface area contributed by atoms with Gasteiger partial charge in [0.15, 0.2) is 0 Å². The first-order chi connectivity index (χ1) is 8.65. The Balaban J connectivity index is 2.59. The lowest BCUT2D eigenvalue weighted by molar-refractivity contribution is 0.0819. The van der Waals surface area contributed by atoms with Crippen LogP contribution in [0.5, 0.6) is 0 Å². The van der Waals surface area contributed by atoms with Crippen LogP contribution in [0.15, 0.2) is 30.3 Å². The summed E-state index contributed by atoms with van der Waals surface area (Å²) in [7, 11) is 0. The van der Waals surface area contributed by atoms with Crippen molar-refractivity contribution in [1.29, 1.82) is 0 Å². The van der Waals surface area contributed by atoms with E-state index < -0.39 is 12.2 Å². The second-order valence-electron chi connectivity index (χ2n) is 4.30. The molecule has 18 heavy (non-hydrogen) atoms. The van der Waals surface area contributed by atoms with Gasteiger partial charge in [-0.3, -0.25) is 4.90 Å². The summed E-state index contributed by atoms with van der Waals surface area (Å²) in [6.07, 6.45) is -1.20. The molecule has 5 heteroatoms. The second kappa shape index (κ2) is 8.73. The molecule has 0 saturated heterocycles. The van der Waals surface area contributed by atoms with Crippen LogP contribution >= 0.6 is 23.2 Å². The van der Waals surface area contributed by atoms with Crippen molar-refractivity contribution in [3.63, 3.8) is 0 Å². The molecule has 102 valence electrons. The van der Waals surface area contributed by atoms with Gasteiger partial charge in [0.2, 0.25) is 0 Å². The molecule has 1 rings (SSSR count). The average Bonchev–Trinajstić information content (AvgIpc) is 2.39. The van der Waals surface area contributed by atoms with Crippen LogP contribution in [0.1, 0.15) is 5.56 Å². The third-order valence-electron chi connectivity index (χ3n) is 2.54. The van der Waals surface area contributed by atoms with Gasteiger partial charge in [0.25, 0.3) is 0 Å². The van der Waals surface area contributed by atoms with E-state index in [4.69, 9.17) is 23.2 Å². The summed E-state index contributed by atoms with van der Waals surface area (Å²) in [5.41, 5.74) is 1.13. The Kier molecular flexibility index (Phi) is 7.63. The van der Waals surface area contributed by atoms with Gasteiger partial charge in [0.05, 0.1) is 12.2 Å². The number of benzene rings is 1. The van der Waals surface area contributed by atoms with Gasteiger partial charge in [-0.15, -0.1) is 23.2 Å². The molecule has 0 aromatic heterocycles. The summed E-state index contributed by atoms with van der Waals surface area (Å²) < 4.78 is 0. The highest BCUT2D eigenvalue weighted by molar-refractivity contribution is 6.18. The van der Waals surface area contributed by atoms with E-state index in [0.717, 1.165) is 5.56 Å². The summed E-state index contributed by atoms with van der Waals surface area (Å²) in [6.45, 7) is 1.50. The van der Waals surface area contributed by atoms with Gasteiger partial charge in [-0.2, -0.15) is 0 Å². The minimum Gasteiger partial charge on any atom is -0.391 e. The van der Waals surface area contributed by atoms with E-state index in [1.165, 1.54) is 0 Å². The van der Waals surface area contributed by atoms with Gasteiger partial charge >= 0.3 is 0 Å². The van der Waals surface area contributed by atoms with Crippen LogP contribution in [0.4, 0.5) is 0 Å². The highest BCUT2D eigenvalue weighted by Gasteiger charge is 2.15. The lowest BCUT2D eigenvalue weighted by Gasteiger charge is -2.26. The fourth-order valence-electron chi connectivity index (χ4n) is 1.74. The minimum atomic E-state index is -0.599.